The molecule has 0 aromatic rings. The van der Waals surface area contributed by atoms with Gasteiger partial charge in [-0.05, 0) is 44.6 Å². The molecule has 0 saturated heterocycles. The van der Waals surface area contributed by atoms with Gasteiger partial charge in [-0.3, -0.25) is 4.79 Å². The van der Waals surface area contributed by atoms with E-state index in [-0.39, 0.29) is 5.91 Å². The fourth-order valence-electron chi connectivity index (χ4n) is 2.35. The van der Waals surface area contributed by atoms with Crippen LogP contribution in [0.25, 0.3) is 0 Å². The Morgan fingerprint density at radius 2 is 1.94 bits per heavy atom. The minimum Gasteiger partial charge on any atom is -0.353 e. The van der Waals surface area contributed by atoms with Crippen LogP contribution in [0.15, 0.2) is 0 Å². The predicted octanol–water partition coefficient (Wildman–Crippen LogP) is 2.32. The largest absolute Gasteiger partial charge is 0.353 e. The van der Waals surface area contributed by atoms with Crippen molar-refractivity contribution in [3.63, 3.8) is 0 Å². The fraction of sp³-hybridized carbons (Fsp3) is 0.929. The fourth-order valence-corrected chi connectivity index (χ4v) is 2.35. The van der Waals surface area contributed by atoms with Gasteiger partial charge < -0.3 is 10.6 Å². The molecule has 1 fully saturated rings. The van der Waals surface area contributed by atoms with Crippen LogP contribution in [0, 0.1) is 11.8 Å². The summed E-state index contributed by atoms with van der Waals surface area (Å²) in [5.41, 5.74) is 0. The summed E-state index contributed by atoms with van der Waals surface area (Å²) in [4.78, 5) is 11.5. The van der Waals surface area contributed by atoms with Crippen molar-refractivity contribution < 1.29 is 4.79 Å². The molecule has 1 atom stereocenters. The number of carbonyl (C=O) groups is 1. The molecular formula is C14H28N2O. The Bertz CT molecular complexity index is 222. The standard InChI is InChI=1S/C14H28N2O/c1-4-12(3)16-14(17)10-15-9-13-7-5-11(2)6-8-13/h11-13,15H,4-10H2,1-3H3,(H,16,17). The lowest BCUT2D eigenvalue weighted by molar-refractivity contribution is -0.120. The van der Waals surface area contributed by atoms with Crippen molar-refractivity contribution in [3.05, 3.63) is 0 Å². The highest BCUT2D eigenvalue weighted by Gasteiger charge is 2.17. The normalized spacial score (nSPS) is 26.5. The van der Waals surface area contributed by atoms with Crippen molar-refractivity contribution in [2.45, 2.75) is 58.9 Å². The summed E-state index contributed by atoms with van der Waals surface area (Å²) in [6.45, 7) is 7.93. The summed E-state index contributed by atoms with van der Waals surface area (Å²) in [6, 6.07) is 0.292. The van der Waals surface area contributed by atoms with Gasteiger partial charge in [0, 0.05) is 6.04 Å². The van der Waals surface area contributed by atoms with Crippen molar-refractivity contribution in [1.29, 1.82) is 0 Å². The van der Waals surface area contributed by atoms with Gasteiger partial charge in [-0.2, -0.15) is 0 Å². The highest BCUT2D eigenvalue weighted by Crippen LogP contribution is 2.27. The zero-order chi connectivity index (χ0) is 12.7. The van der Waals surface area contributed by atoms with E-state index in [2.05, 4.69) is 24.5 Å². The van der Waals surface area contributed by atoms with E-state index >= 15 is 0 Å². The van der Waals surface area contributed by atoms with Crippen LogP contribution < -0.4 is 10.6 Å². The van der Waals surface area contributed by atoms with Gasteiger partial charge in [0.05, 0.1) is 6.54 Å². The van der Waals surface area contributed by atoms with Crippen LogP contribution in [0.1, 0.15) is 52.9 Å². The molecule has 1 saturated carbocycles. The molecule has 0 aromatic heterocycles. The van der Waals surface area contributed by atoms with Crippen LogP contribution in [0.4, 0.5) is 0 Å². The number of carbonyl (C=O) groups excluding carboxylic acids is 1. The number of hydrogen-bond acceptors (Lipinski definition) is 2. The van der Waals surface area contributed by atoms with Gasteiger partial charge >= 0.3 is 0 Å². The summed E-state index contributed by atoms with van der Waals surface area (Å²) >= 11 is 0. The molecule has 2 N–H and O–H groups in total. The Labute approximate surface area is 106 Å². The number of rotatable bonds is 6. The molecule has 3 heteroatoms. The zero-order valence-corrected chi connectivity index (χ0v) is 11.6. The molecule has 1 unspecified atom stereocenters. The molecule has 1 rings (SSSR count). The summed E-state index contributed by atoms with van der Waals surface area (Å²) < 4.78 is 0. The molecule has 17 heavy (non-hydrogen) atoms. The second kappa shape index (κ2) is 7.70. The van der Waals surface area contributed by atoms with Crippen LogP contribution in [0.5, 0.6) is 0 Å². The van der Waals surface area contributed by atoms with E-state index < -0.39 is 0 Å². The summed E-state index contributed by atoms with van der Waals surface area (Å²) in [5.74, 6) is 1.81. The maximum Gasteiger partial charge on any atom is 0.234 e. The maximum absolute atomic E-state index is 11.5. The van der Waals surface area contributed by atoms with Crippen LogP contribution >= 0.6 is 0 Å². The molecule has 0 heterocycles. The first-order valence-electron chi connectivity index (χ1n) is 7.11. The maximum atomic E-state index is 11.5. The van der Waals surface area contributed by atoms with Crippen LogP contribution in [-0.2, 0) is 4.79 Å². The van der Waals surface area contributed by atoms with E-state index in [1.54, 1.807) is 0 Å². The summed E-state index contributed by atoms with van der Waals surface area (Å²) in [5, 5.41) is 6.26. The van der Waals surface area contributed by atoms with E-state index in [4.69, 9.17) is 0 Å². The van der Waals surface area contributed by atoms with Crippen molar-refractivity contribution in [2.24, 2.45) is 11.8 Å². The molecule has 1 aliphatic rings. The minimum atomic E-state index is 0.128. The Hall–Kier alpha value is -0.570. The van der Waals surface area contributed by atoms with Gasteiger partial charge in [0.2, 0.25) is 5.91 Å². The quantitative estimate of drug-likeness (QED) is 0.748. The number of amides is 1. The lowest BCUT2D eigenvalue weighted by Gasteiger charge is -2.26. The first-order valence-corrected chi connectivity index (χ1v) is 7.11. The van der Waals surface area contributed by atoms with Crippen LogP contribution in [-0.4, -0.2) is 25.0 Å². The van der Waals surface area contributed by atoms with Crippen molar-refractivity contribution in [3.8, 4) is 0 Å². The second-order valence-electron chi connectivity index (χ2n) is 5.63. The Kier molecular flexibility index (Phi) is 6.56. The van der Waals surface area contributed by atoms with E-state index in [9.17, 15) is 4.79 Å². The van der Waals surface area contributed by atoms with Gasteiger partial charge in [0.1, 0.15) is 0 Å². The lowest BCUT2D eigenvalue weighted by Crippen LogP contribution is -2.40. The SMILES string of the molecule is CCC(C)NC(=O)CNCC1CCC(C)CC1. The molecular weight excluding hydrogens is 212 g/mol. The molecule has 3 nitrogen and oxygen atoms in total. The number of hydrogen-bond donors (Lipinski definition) is 2. The van der Waals surface area contributed by atoms with Crippen LogP contribution in [0.3, 0.4) is 0 Å². The van der Waals surface area contributed by atoms with Gasteiger partial charge in [0.15, 0.2) is 0 Å². The molecule has 0 spiro atoms. The molecule has 1 aliphatic carbocycles. The Morgan fingerprint density at radius 3 is 2.53 bits per heavy atom. The van der Waals surface area contributed by atoms with Gasteiger partial charge in [-0.15, -0.1) is 0 Å². The molecule has 1 amide bonds. The Morgan fingerprint density at radius 1 is 1.29 bits per heavy atom. The molecule has 100 valence electrons. The van der Waals surface area contributed by atoms with Gasteiger partial charge in [-0.25, -0.2) is 0 Å². The smallest absolute Gasteiger partial charge is 0.234 e. The minimum absolute atomic E-state index is 0.128. The third kappa shape index (κ3) is 6.06. The highest BCUT2D eigenvalue weighted by atomic mass is 16.1. The average molecular weight is 240 g/mol. The van der Waals surface area contributed by atoms with Gasteiger partial charge in [0.25, 0.3) is 0 Å². The second-order valence-corrected chi connectivity index (χ2v) is 5.63. The summed E-state index contributed by atoms with van der Waals surface area (Å²) in [6.07, 6.45) is 6.34. The van der Waals surface area contributed by atoms with Crippen LogP contribution in [0.2, 0.25) is 0 Å². The monoisotopic (exact) mass is 240 g/mol. The molecule has 0 bridgehead atoms. The average Bonchev–Trinajstić information content (AvgIpc) is 2.31. The Balaban J connectivity index is 2.05. The third-order valence-electron chi connectivity index (χ3n) is 3.87. The lowest BCUT2D eigenvalue weighted by atomic mass is 9.83. The first kappa shape index (κ1) is 14.5. The van der Waals surface area contributed by atoms with E-state index in [0.717, 1.165) is 24.8 Å². The topological polar surface area (TPSA) is 41.1 Å². The van der Waals surface area contributed by atoms with E-state index in [1.807, 2.05) is 6.92 Å². The molecule has 0 aromatic carbocycles. The summed E-state index contributed by atoms with van der Waals surface area (Å²) in [7, 11) is 0. The number of nitrogens with one attached hydrogen (secondary N) is 2. The van der Waals surface area contributed by atoms with Gasteiger partial charge in [-0.1, -0.05) is 26.7 Å². The van der Waals surface area contributed by atoms with E-state index in [1.165, 1.54) is 25.7 Å². The highest BCUT2D eigenvalue weighted by molar-refractivity contribution is 5.78. The predicted molar refractivity (Wildman–Crippen MR) is 71.9 cm³/mol. The van der Waals surface area contributed by atoms with Crippen molar-refractivity contribution >= 4 is 5.91 Å². The zero-order valence-electron chi connectivity index (χ0n) is 11.6. The molecule has 0 aliphatic heterocycles. The van der Waals surface area contributed by atoms with E-state index in [0.29, 0.717) is 12.6 Å². The first-order chi connectivity index (χ1) is 8.11. The van der Waals surface area contributed by atoms with Crippen molar-refractivity contribution in [1.82, 2.24) is 10.6 Å². The molecule has 0 radical (unpaired) electrons. The van der Waals surface area contributed by atoms with Crippen molar-refractivity contribution in [2.75, 3.05) is 13.1 Å². The third-order valence-corrected chi connectivity index (χ3v) is 3.87.